The maximum Gasteiger partial charge on any atom is 0.262 e. The summed E-state index contributed by atoms with van der Waals surface area (Å²) in [6.45, 7) is 6.33. The monoisotopic (exact) mass is 318 g/mol. The quantitative estimate of drug-likeness (QED) is 0.845. The molecule has 1 aliphatic heterocycles. The number of nitrogens with zero attached hydrogens (tertiary/aromatic N) is 2. The standard InChI is InChI=1S/C12H22N4O2S2/c1-3-13-9-11-10(2)14-15-12(11)20(17,18)16-5-4-7-19-8-6-16/h13H,3-9H2,1-2H3,(H,14,15). The van der Waals surface area contributed by atoms with E-state index in [9.17, 15) is 8.42 Å². The van der Waals surface area contributed by atoms with Gasteiger partial charge in [-0.15, -0.1) is 0 Å². The Kier molecular flexibility index (Phi) is 5.48. The lowest BCUT2D eigenvalue weighted by atomic mass is 10.2. The molecule has 0 spiro atoms. The predicted octanol–water partition coefficient (Wildman–Crippen LogP) is 0.955. The lowest BCUT2D eigenvalue weighted by Crippen LogP contribution is -2.34. The Morgan fingerprint density at radius 1 is 1.40 bits per heavy atom. The van der Waals surface area contributed by atoms with Crippen LogP contribution in [0.5, 0.6) is 0 Å². The van der Waals surface area contributed by atoms with Gasteiger partial charge in [-0.3, -0.25) is 5.10 Å². The zero-order valence-electron chi connectivity index (χ0n) is 12.0. The number of hydrogen-bond acceptors (Lipinski definition) is 5. The first-order valence-corrected chi connectivity index (χ1v) is 9.49. The molecule has 2 rings (SSSR count). The first-order valence-electron chi connectivity index (χ1n) is 6.89. The molecule has 8 heteroatoms. The lowest BCUT2D eigenvalue weighted by molar-refractivity contribution is 0.431. The Labute approximate surface area is 124 Å². The maximum absolute atomic E-state index is 12.7. The second-order valence-electron chi connectivity index (χ2n) is 4.78. The summed E-state index contributed by atoms with van der Waals surface area (Å²) in [6.07, 6.45) is 0.899. The zero-order chi connectivity index (χ0) is 14.6. The molecule has 1 aromatic rings. The van der Waals surface area contributed by atoms with Crippen LogP contribution in [-0.4, -0.2) is 54.1 Å². The van der Waals surface area contributed by atoms with Gasteiger partial charge >= 0.3 is 0 Å². The van der Waals surface area contributed by atoms with Gasteiger partial charge in [-0.2, -0.15) is 21.2 Å². The van der Waals surface area contributed by atoms with Gasteiger partial charge in [-0.05, 0) is 25.6 Å². The van der Waals surface area contributed by atoms with Gasteiger partial charge in [-0.1, -0.05) is 6.92 Å². The zero-order valence-corrected chi connectivity index (χ0v) is 13.6. The maximum atomic E-state index is 12.7. The molecule has 114 valence electrons. The van der Waals surface area contributed by atoms with E-state index in [-0.39, 0.29) is 5.03 Å². The van der Waals surface area contributed by atoms with E-state index in [1.165, 1.54) is 0 Å². The average molecular weight is 318 g/mol. The molecule has 1 fully saturated rings. The molecular formula is C12H22N4O2S2. The van der Waals surface area contributed by atoms with Gasteiger partial charge < -0.3 is 5.32 Å². The van der Waals surface area contributed by atoms with E-state index in [4.69, 9.17) is 0 Å². The van der Waals surface area contributed by atoms with Crippen molar-refractivity contribution in [2.75, 3.05) is 31.1 Å². The molecule has 0 amide bonds. The van der Waals surface area contributed by atoms with E-state index in [0.29, 0.717) is 19.6 Å². The summed E-state index contributed by atoms with van der Waals surface area (Å²) in [4.78, 5) is 0. The van der Waals surface area contributed by atoms with Crippen molar-refractivity contribution in [2.24, 2.45) is 0 Å². The summed E-state index contributed by atoms with van der Waals surface area (Å²) in [7, 11) is -3.49. The van der Waals surface area contributed by atoms with Crippen LogP contribution < -0.4 is 5.32 Å². The molecule has 0 atom stereocenters. The Balaban J connectivity index is 2.28. The number of nitrogens with one attached hydrogen (secondary N) is 2. The average Bonchev–Trinajstić information content (AvgIpc) is 2.66. The van der Waals surface area contributed by atoms with Gasteiger partial charge in [0.15, 0.2) is 5.03 Å². The van der Waals surface area contributed by atoms with Crippen LogP contribution in [-0.2, 0) is 16.6 Å². The number of H-pyrrole nitrogens is 1. The number of sulfonamides is 1. The number of aryl methyl sites for hydroxylation is 1. The minimum atomic E-state index is -3.49. The van der Waals surface area contributed by atoms with Gasteiger partial charge in [0.25, 0.3) is 10.0 Å². The van der Waals surface area contributed by atoms with Gasteiger partial charge in [0, 0.05) is 36.6 Å². The molecule has 6 nitrogen and oxygen atoms in total. The van der Waals surface area contributed by atoms with E-state index in [1.54, 1.807) is 4.31 Å². The molecule has 1 saturated heterocycles. The third-order valence-electron chi connectivity index (χ3n) is 3.35. The Morgan fingerprint density at radius 2 is 2.20 bits per heavy atom. The summed E-state index contributed by atoms with van der Waals surface area (Å²) >= 11 is 1.81. The summed E-state index contributed by atoms with van der Waals surface area (Å²) in [5.74, 6) is 1.88. The van der Waals surface area contributed by atoms with Crippen LogP contribution >= 0.6 is 11.8 Å². The van der Waals surface area contributed by atoms with E-state index in [0.717, 1.165) is 35.7 Å². The fourth-order valence-corrected chi connectivity index (χ4v) is 4.83. The highest BCUT2D eigenvalue weighted by Gasteiger charge is 2.30. The van der Waals surface area contributed by atoms with Crippen molar-refractivity contribution in [1.29, 1.82) is 0 Å². The van der Waals surface area contributed by atoms with Crippen LogP contribution in [0.3, 0.4) is 0 Å². The van der Waals surface area contributed by atoms with Crippen molar-refractivity contribution in [3.8, 4) is 0 Å². The smallest absolute Gasteiger partial charge is 0.262 e. The molecule has 0 aromatic carbocycles. The summed E-state index contributed by atoms with van der Waals surface area (Å²) in [5.41, 5.74) is 1.57. The van der Waals surface area contributed by atoms with Crippen LogP contribution in [0.25, 0.3) is 0 Å². The first-order chi connectivity index (χ1) is 9.57. The molecule has 2 N–H and O–H groups in total. The van der Waals surface area contributed by atoms with Gasteiger partial charge in [0.05, 0.1) is 0 Å². The van der Waals surface area contributed by atoms with Gasteiger partial charge in [0.2, 0.25) is 0 Å². The van der Waals surface area contributed by atoms with Crippen molar-refractivity contribution in [2.45, 2.75) is 31.8 Å². The van der Waals surface area contributed by atoms with E-state index >= 15 is 0 Å². The van der Waals surface area contributed by atoms with Crippen LogP contribution in [0, 0.1) is 6.92 Å². The number of rotatable bonds is 5. The van der Waals surface area contributed by atoms with Crippen LogP contribution in [0.2, 0.25) is 0 Å². The number of aromatic amines is 1. The third-order valence-corrected chi connectivity index (χ3v) is 6.27. The highest BCUT2D eigenvalue weighted by Crippen LogP contribution is 2.22. The molecular weight excluding hydrogens is 296 g/mol. The second-order valence-corrected chi connectivity index (χ2v) is 7.86. The Morgan fingerprint density at radius 3 is 2.95 bits per heavy atom. The topological polar surface area (TPSA) is 78.1 Å². The van der Waals surface area contributed by atoms with Crippen molar-refractivity contribution in [3.63, 3.8) is 0 Å². The Bertz CT molecular complexity index is 534. The minimum absolute atomic E-state index is 0.183. The number of aromatic nitrogens is 2. The summed E-state index contributed by atoms with van der Waals surface area (Å²) in [6, 6.07) is 0. The van der Waals surface area contributed by atoms with E-state index < -0.39 is 10.0 Å². The van der Waals surface area contributed by atoms with Crippen molar-refractivity contribution in [3.05, 3.63) is 11.3 Å². The molecule has 0 bridgehead atoms. The predicted molar refractivity (Wildman–Crippen MR) is 81.4 cm³/mol. The van der Waals surface area contributed by atoms with E-state index in [2.05, 4.69) is 15.5 Å². The lowest BCUT2D eigenvalue weighted by Gasteiger charge is -2.19. The second kappa shape index (κ2) is 6.93. The van der Waals surface area contributed by atoms with Gasteiger partial charge in [-0.25, -0.2) is 8.42 Å². The molecule has 0 saturated carbocycles. The highest BCUT2D eigenvalue weighted by atomic mass is 32.2. The van der Waals surface area contributed by atoms with Crippen LogP contribution in [0.4, 0.5) is 0 Å². The fraction of sp³-hybridized carbons (Fsp3) is 0.750. The largest absolute Gasteiger partial charge is 0.313 e. The molecule has 1 aliphatic rings. The van der Waals surface area contributed by atoms with Crippen LogP contribution in [0.15, 0.2) is 5.03 Å². The summed E-state index contributed by atoms with van der Waals surface area (Å²) in [5, 5.41) is 10.2. The summed E-state index contributed by atoms with van der Waals surface area (Å²) < 4.78 is 27.1. The normalized spacial score (nSPS) is 18.1. The fourth-order valence-electron chi connectivity index (χ4n) is 2.19. The molecule has 0 unspecified atom stereocenters. The molecule has 1 aromatic heterocycles. The number of thioether (sulfide) groups is 1. The van der Waals surface area contributed by atoms with Gasteiger partial charge in [0.1, 0.15) is 0 Å². The Hall–Kier alpha value is -0.570. The minimum Gasteiger partial charge on any atom is -0.313 e. The van der Waals surface area contributed by atoms with Crippen molar-refractivity contribution >= 4 is 21.8 Å². The molecule has 2 heterocycles. The van der Waals surface area contributed by atoms with Crippen molar-refractivity contribution < 1.29 is 8.42 Å². The van der Waals surface area contributed by atoms with Crippen molar-refractivity contribution in [1.82, 2.24) is 19.8 Å². The number of hydrogen-bond donors (Lipinski definition) is 2. The van der Waals surface area contributed by atoms with Crippen LogP contribution in [0.1, 0.15) is 24.6 Å². The molecule has 0 radical (unpaired) electrons. The third kappa shape index (κ3) is 3.36. The first kappa shape index (κ1) is 15.8. The SMILES string of the molecule is CCNCc1c(S(=O)(=O)N2CCCSCC2)n[nH]c1C. The van der Waals surface area contributed by atoms with E-state index in [1.807, 2.05) is 25.6 Å². The molecule has 0 aliphatic carbocycles. The highest BCUT2D eigenvalue weighted by molar-refractivity contribution is 7.99. The molecule has 20 heavy (non-hydrogen) atoms.